The van der Waals surface area contributed by atoms with Gasteiger partial charge in [-0.2, -0.15) is 0 Å². The highest BCUT2D eigenvalue weighted by Gasteiger charge is 2.17. The number of sulfonamides is 2. The quantitative estimate of drug-likeness (QED) is 0.747. The lowest BCUT2D eigenvalue weighted by atomic mass is 10.3. The van der Waals surface area contributed by atoms with Crippen molar-refractivity contribution in [2.24, 2.45) is 5.14 Å². The molecule has 0 unspecified atom stereocenters. The molecule has 0 aromatic heterocycles. The topological polar surface area (TPSA) is 135 Å². The van der Waals surface area contributed by atoms with Crippen molar-refractivity contribution in [3.8, 4) is 0 Å². The SMILES string of the molecule is NS(=O)(=O)c1cccc(NC(=O)NS(=O)(=O)c2ccccc2)c1. The van der Waals surface area contributed by atoms with Gasteiger partial charge in [0.05, 0.1) is 9.79 Å². The van der Waals surface area contributed by atoms with E-state index in [0.29, 0.717) is 0 Å². The van der Waals surface area contributed by atoms with E-state index in [-0.39, 0.29) is 15.5 Å². The first-order valence-electron chi connectivity index (χ1n) is 6.20. The third kappa shape index (κ3) is 4.52. The van der Waals surface area contributed by atoms with Crippen LogP contribution in [-0.4, -0.2) is 22.9 Å². The van der Waals surface area contributed by atoms with Crippen LogP contribution in [0.5, 0.6) is 0 Å². The standard InChI is InChI=1S/C13H13N3O5S2/c14-22(18,19)12-8-4-5-10(9-12)15-13(17)16-23(20,21)11-6-2-1-3-7-11/h1-9H,(H2,14,18,19)(H2,15,16,17). The molecule has 23 heavy (non-hydrogen) atoms. The molecule has 0 atom stereocenters. The highest BCUT2D eigenvalue weighted by atomic mass is 32.2. The number of benzene rings is 2. The summed E-state index contributed by atoms with van der Waals surface area (Å²) in [5.74, 6) is 0. The lowest BCUT2D eigenvalue weighted by Crippen LogP contribution is -2.34. The zero-order valence-electron chi connectivity index (χ0n) is 11.6. The van der Waals surface area contributed by atoms with Gasteiger partial charge in [-0.1, -0.05) is 24.3 Å². The van der Waals surface area contributed by atoms with Crippen molar-refractivity contribution in [3.63, 3.8) is 0 Å². The molecule has 0 saturated carbocycles. The van der Waals surface area contributed by atoms with Gasteiger partial charge in [0, 0.05) is 5.69 Å². The molecule has 0 saturated heterocycles. The largest absolute Gasteiger partial charge is 0.333 e. The Morgan fingerprint density at radius 2 is 1.48 bits per heavy atom. The summed E-state index contributed by atoms with van der Waals surface area (Å²) in [6.45, 7) is 0. The minimum atomic E-state index is -4.02. The van der Waals surface area contributed by atoms with Gasteiger partial charge in [-0.15, -0.1) is 0 Å². The van der Waals surface area contributed by atoms with Gasteiger partial charge in [0.2, 0.25) is 10.0 Å². The highest BCUT2D eigenvalue weighted by Crippen LogP contribution is 2.14. The maximum absolute atomic E-state index is 12.0. The Labute approximate surface area is 133 Å². The molecule has 2 amide bonds. The highest BCUT2D eigenvalue weighted by molar-refractivity contribution is 7.90. The molecule has 10 heteroatoms. The minimum absolute atomic E-state index is 0.0755. The first-order chi connectivity index (χ1) is 10.7. The summed E-state index contributed by atoms with van der Waals surface area (Å²) in [4.78, 5) is 11.5. The van der Waals surface area contributed by atoms with Crippen LogP contribution in [0.1, 0.15) is 0 Å². The Kier molecular flexibility index (Phi) is 4.68. The predicted molar refractivity (Wildman–Crippen MR) is 83.6 cm³/mol. The van der Waals surface area contributed by atoms with Crippen molar-refractivity contribution >= 4 is 31.8 Å². The summed E-state index contributed by atoms with van der Waals surface area (Å²) >= 11 is 0. The number of urea groups is 1. The Morgan fingerprint density at radius 3 is 2.09 bits per heavy atom. The molecular formula is C13H13N3O5S2. The molecule has 4 N–H and O–H groups in total. The van der Waals surface area contributed by atoms with E-state index in [0.717, 1.165) is 6.07 Å². The molecule has 0 aliphatic heterocycles. The summed E-state index contributed by atoms with van der Waals surface area (Å²) in [6.07, 6.45) is 0. The fourth-order valence-electron chi connectivity index (χ4n) is 1.69. The van der Waals surface area contributed by atoms with Crippen molar-refractivity contribution in [1.29, 1.82) is 0 Å². The molecule has 0 radical (unpaired) electrons. The number of anilines is 1. The van der Waals surface area contributed by atoms with Gasteiger partial charge in [0.25, 0.3) is 10.0 Å². The lowest BCUT2D eigenvalue weighted by Gasteiger charge is -2.09. The summed E-state index contributed by atoms with van der Waals surface area (Å²) in [5, 5.41) is 7.21. The maximum atomic E-state index is 12.0. The third-order valence-corrected chi connectivity index (χ3v) is 4.96. The number of amides is 2. The normalized spacial score (nSPS) is 11.7. The van der Waals surface area contributed by atoms with Gasteiger partial charge >= 0.3 is 6.03 Å². The van der Waals surface area contributed by atoms with Crippen molar-refractivity contribution < 1.29 is 21.6 Å². The molecule has 0 heterocycles. The van der Waals surface area contributed by atoms with Crippen LogP contribution in [0, 0.1) is 0 Å². The molecule has 0 spiro atoms. The van der Waals surface area contributed by atoms with Crippen molar-refractivity contribution in [2.45, 2.75) is 9.79 Å². The van der Waals surface area contributed by atoms with Crippen LogP contribution in [0.4, 0.5) is 10.5 Å². The number of nitrogens with two attached hydrogens (primary N) is 1. The van der Waals surface area contributed by atoms with Gasteiger partial charge < -0.3 is 5.32 Å². The second-order valence-corrected chi connectivity index (χ2v) is 7.69. The van der Waals surface area contributed by atoms with Crippen molar-refractivity contribution in [2.75, 3.05) is 5.32 Å². The predicted octanol–water partition coefficient (Wildman–Crippen LogP) is 0.844. The fraction of sp³-hybridized carbons (Fsp3) is 0. The van der Waals surface area contributed by atoms with E-state index >= 15 is 0 Å². The number of rotatable bonds is 4. The molecule has 0 aliphatic carbocycles. The number of hydrogen-bond donors (Lipinski definition) is 3. The van der Waals surface area contributed by atoms with Crippen LogP contribution in [0.2, 0.25) is 0 Å². The molecule has 0 bridgehead atoms. The van der Waals surface area contributed by atoms with Crippen LogP contribution >= 0.6 is 0 Å². The minimum Gasteiger partial charge on any atom is -0.307 e. The maximum Gasteiger partial charge on any atom is 0.333 e. The van der Waals surface area contributed by atoms with E-state index in [1.807, 2.05) is 4.72 Å². The second kappa shape index (κ2) is 6.36. The van der Waals surface area contributed by atoms with Crippen LogP contribution < -0.4 is 15.2 Å². The van der Waals surface area contributed by atoms with E-state index in [1.165, 1.54) is 42.5 Å². The van der Waals surface area contributed by atoms with Crippen LogP contribution in [0.3, 0.4) is 0 Å². The number of hydrogen-bond acceptors (Lipinski definition) is 5. The zero-order chi connectivity index (χ0) is 17.1. The average molecular weight is 355 g/mol. The Balaban J connectivity index is 2.15. The van der Waals surface area contributed by atoms with Crippen LogP contribution in [0.15, 0.2) is 64.4 Å². The molecule has 2 aromatic rings. The number of primary sulfonamides is 1. The van der Waals surface area contributed by atoms with Gasteiger partial charge in [-0.25, -0.2) is 31.5 Å². The van der Waals surface area contributed by atoms with Crippen LogP contribution in [-0.2, 0) is 20.0 Å². The van der Waals surface area contributed by atoms with E-state index in [1.54, 1.807) is 6.07 Å². The number of carbonyl (C=O) groups is 1. The first-order valence-corrected chi connectivity index (χ1v) is 9.23. The van der Waals surface area contributed by atoms with Gasteiger partial charge in [0.1, 0.15) is 0 Å². The molecule has 2 rings (SSSR count). The summed E-state index contributed by atoms with van der Waals surface area (Å²) < 4.78 is 48.2. The molecule has 8 nitrogen and oxygen atoms in total. The smallest absolute Gasteiger partial charge is 0.307 e. The van der Waals surface area contributed by atoms with E-state index in [2.05, 4.69) is 5.32 Å². The van der Waals surface area contributed by atoms with E-state index in [9.17, 15) is 21.6 Å². The van der Waals surface area contributed by atoms with Gasteiger partial charge in [0.15, 0.2) is 0 Å². The Morgan fingerprint density at radius 1 is 0.870 bits per heavy atom. The van der Waals surface area contributed by atoms with Gasteiger partial charge in [-0.05, 0) is 30.3 Å². The zero-order valence-corrected chi connectivity index (χ0v) is 13.3. The molecule has 0 fully saturated rings. The van der Waals surface area contributed by atoms with Gasteiger partial charge in [-0.3, -0.25) is 0 Å². The monoisotopic (exact) mass is 355 g/mol. The molecule has 2 aromatic carbocycles. The first kappa shape index (κ1) is 16.9. The number of carbonyl (C=O) groups excluding carboxylic acids is 1. The third-order valence-electron chi connectivity index (χ3n) is 2.70. The van der Waals surface area contributed by atoms with E-state index in [4.69, 9.17) is 5.14 Å². The summed E-state index contributed by atoms with van der Waals surface area (Å²) in [6, 6.07) is 11.4. The summed E-state index contributed by atoms with van der Waals surface area (Å²) in [7, 11) is -7.95. The average Bonchev–Trinajstić information content (AvgIpc) is 2.47. The second-order valence-electron chi connectivity index (χ2n) is 4.45. The van der Waals surface area contributed by atoms with Crippen molar-refractivity contribution in [1.82, 2.24) is 4.72 Å². The Hall–Kier alpha value is -2.43. The van der Waals surface area contributed by atoms with Crippen LogP contribution in [0.25, 0.3) is 0 Å². The Bertz CT molecular complexity index is 925. The summed E-state index contributed by atoms with van der Waals surface area (Å²) in [5.41, 5.74) is 0.0808. The molecule has 122 valence electrons. The molecular weight excluding hydrogens is 342 g/mol. The lowest BCUT2D eigenvalue weighted by molar-refractivity contribution is 0.256. The fourth-order valence-corrected chi connectivity index (χ4v) is 3.18. The molecule has 0 aliphatic rings. The van der Waals surface area contributed by atoms with Crippen molar-refractivity contribution in [3.05, 3.63) is 54.6 Å². The van der Waals surface area contributed by atoms with E-state index < -0.39 is 26.1 Å². The number of nitrogens with one attached hydrogen (secondary N) is 2.